The van der Waals surface area contributed by atoms with Crippen LogP contribution >= 0.6 is 0 Å². The van der Waals surface area contributed by atoms with Gasteiger partial charge in [-0.2, -0.15) is 0 Å². The van der Waals surface area contributed by atoms with Gasteiger partial charge >= 0.3 is 5.97 Å². The van der Waals surface area contributed by atoms with Gasteiger partial charge in [-0.15, -0.1) is 0 Å². The van der Waals surface area contributed by atoms with E-state index in [-0.39, 0.29) is 28.2 Å². The Bertz CT molecular complexity index is 1120. The topological polar surface area (TPSA) is 117 Å². The Kier molecular flexibility index (Phi) is 5.12. The lowest BCUT2D eigenvalue weighted by Crippen LogP contribution is -2.18. The van der Waals surface area contributed by atoms with Gasteiger partial charge in [0.05, 0.1) is 5.56 Å². The van der Waals surface area contributed by atoms with E-state index in [4.69, 9.17) is 14.9 Å². The summed E-state index contributed by atoms with van der Waals surface area (Å²) in [4.78, 5) is 49.8. The standard InChI is InChI=1S/C23H17NO6/c24-10-9-13-5-7-14(8-6-13)29-20(26)12-18(25)19-11-17-21(27)15-3-1-2-4-16(15)22(28)23(17)30-19/h1-8,11H,9-10,12,24H2. The molecular weight excluding hydrogens is 386 g/mol. The molecule has 1 aromatic heterocycles. The SMILES string of the molecule is NCCc1ccc(OC(=O)CC(=O)c2cc3c(o2)C(=O)c2ccccc2C3=O)cc1. The van der Waals surface area contributed by atoms with Crippen LogP contribution in [0.1, 0.15) is 54.6 Å². The quantitative estimate of drug-likeness (QED) is 0.228. The van der Waals surface area contributed by atoms with E-state index in [2.05, 4.69) is 0 Å². The molecule has 0 atom stereocenters. The molecule has 2 N–H and O–H groups in total. The first-order chi connectivity index (χ1) is 14.5. The van der Waals surface area contributed by atoms with Gasteiger partial charge in [0.15, 0.2) is 17.3 Å². The third-order valence-corrected chi connectivity index (χ3v) is 4.77. The van der Waals surface area contributed by atoms with Crippen LogP contribution in [0.25, 0.3) is 0 Å². The van der Waals surface area contributed by atoms with Gasteiger partial charge in [-0.3, -0.25) is 19.2 Å². The second kappa shape index (κ2) is 7.88. The molecule has 30 heavy (non-hydrogen) atoms. The van der Waals surface area contributed by atoms with Gasteiger partial charge < -0.3 is 14.9 Å². The van der Waals surface area contributed by atoms with E-state index in [1.54, 1.807) is 42.5 Å². The van der Waals surface area contributed by atoms with Gasteiger partial charge in [-0.25, -0.2) is 0 Å². The molecule has 0 aliphatic heterocycles. The summed E-state index contributed by atoms with van der Waals surface area (Å²) in [5.41, 5.74) is 7.00. The molecule has 4 rings (SSSR count). The van der Waals surface area contributed by atoms with Crippen LogP contribution in [0, 0.1) is 0 Å². The number of furan rings is 1. The van der Waals surface area contributed by atoms with Crippen LogP contribution in [0.5, 0.6) is 5.75 Å². The van der Waals surface area contributed by atoms with Crippen LogP contribution < -0.4 is 10.5 Å². The molecule has 1 heterocycles. The van der Waals surface area contributed by atoms with Gasteiger partial charge in [0.2, 0.25) is 11.6 Å². The molecule has 3 aromatic rings. The number of nitrogens with two attached hydrogens (primary N) is 1. The van der Waals surface area contributed by atoms with Gasteiger partial charge in [0.1, 0.15) is 12.2 Å². The van der Waals surface area contributed by atoms with Crippen LogP contribution in [0.4, 0.5) is 0 Å². The highest BCUT2D eigenvalue weighted by Gasteiger charge is 2.34. The molecule has 1 aliphatic rings. The van der Waals surface area contributed by atoms with Crippen molar-refractivity contribution in [2.75, 3.05) is 6.54 Å². The Morgan fingerprint density at radius 3 is 2.23 bits per heavy atom. The monoisotopic (exact) mass is 403 g/mol. The van der Waals surface area contributed by atoms with Crippen LogP contribution in [-0.4, -0.2) is 29.9 Å². The number of Topliss-reactive ketones (excluding diaryl/α,β-unsaturated/α-hetero) is 1. The molecule has 0 bridgehead atoms. The molecule has 0 amide bonds. The zero-order valence-corrected chi connectivity index (χ0v) is 15.8. The smallest absolute Gasteiger partial charge is 0.319 e. The van der Waals surface area contributed by atoms with Gasteiger partial charge in [0, 0.05) is 11.1 Å². The predicted octanol–water partition coefficient (Wildman–Crippen LogP) is 2.73. The number of fused-ring (bicyclic) bond motifs is 2. The highest BCUT2D eigenvalue weighted by molar-refractivity contribution is 6.28. The van der Waals surface area contributed by atoms with E-state index in [9.17, 15) is 19.2 Å². The summed E-state index contributed by atoms with van der Waals surface area (Å²) >= 11 is 0. The number of carbonyl (C=O) groups is 4. The summed E-state index contributed by atoms with van der Waals surface area (Å²) in [7, 11) is 0. The normalized spacial score (nSPS) is 12.3. The van der Waals surface area contributed by atoms with E-state index in [0.717, 1.165) is 5.56 Å². The number of ether oxygens (including phenoxy) is 1. The molecule has 150 valence electrons. The number of hydrogen-bond acceptors (Lipinski definition) is 7. The number of hydrogen-bond donors (Lipinski definition) is 1. The van der Waals surface area contributed by atoms with Crippen molar-refractivity contribution in [1.82, 2.24) is 0 Å². The Labute approximate surface area is 171 Å². The Morgan fingerprint density at radius 2 is 1.57 bits per heavy atom. The number of rotatable bonds is 6. The number of esters is 1. The summed E-state index contributed by atoms with van der Waals surface area (Å²) in [5.74, 6) is -2.45. The highest BCUT2D eigenvalue weighted by Crippen LogP contribution is 2.30. The minimum absolute atomic E-state index is 0.0194. The second-order valence-electron chi connectivity index (χ2n) is 6.81. The Morgan fingerprint density at radius 1 is 0.900 bits per heavy atom. The van der Waals surface area contributed by atoms with Crippen molar-refractivity contribution in [2.24, 2.45) is 5.73 Å². The van der Waals surface area contributed by atoms with Crippen molar-refractivity contribution in [3.8, 4) is 5.75 Å². The fraction of sp³-hybridized carbons (Fsp3) is 0.130. The first-order valence-electron chi connectivity index (χ1n) is 9.33. The van der Waals surface area contributed by atoms with Crippen molar-refractivity contribution in [3.05, 3.63) is 88.4 Å². The largest absolute Gasteiger partial charge is 0.449 e. The van der Waals surface area contributed by atoms with Gasteiger partial charge in [-0.05, 0) is 36.7 Å². The molecule has 7 nitrogen and oxygen atoms in total. The lowest BCUT2D eigenvalue weighted by Gasteiger charge is -2.11. The average molecular weight is 403 g/mol. The third kappa shape index (κ3) is 3.58. The molecule has 0 spiro atoms. The number of benzene rings is 2. The summed E-state index contributed by atoms with van der Waals surface area (Å²) < 4.78 is 10.5. The minimum Gasteiger partial charge on any atom is -0.449 e. The first-order valence-corrected chi connectivity index (χ1v) is 9.33. The van der Waals surface area contributed by atoms with Crippen LogP contribution in [0.2, 0.25) is 0 Å². The van der Waals surface area contributed by atoms with Crippen molar-refractivity contribution < 1.29 is 28.3 Å². The van der Waals surface area contributed by atoms with E-state index in [1.807, 2.05) is 0 Å². The maximum absolute atomic E-state index is 12.6. The van der Waals surface area contributed by atoms with Crippen molar-refractivity contribution in [1.29, 1.82) is 0 Å². The molecule has 0 saturated heterocycles. The van der Waals surface area contributed by atoms with Gasteiger partial charge in [0.25, 0.3) is 0 Å². The third-order valence-electron chi connectivity index (χ3n) is 4.77. The fourth-order valence-electron chi connectivity index (χ4n) is 3.29. The minimum atomic E-state index is -0.776. The highest BCUT2D eigenvalue weighted by atomic mass is 16.5. The van der Waals surface area contributed by atoms with Crippen LogP contribution in [0.3, 0.4) is 0 Å². The second-order valence-corrected chi connectivity index (χ2v) is 6.81. The Hall–Kier alpha value is -3.84. The maximum atomic E-state index is 12.6. The molecule has 0 fully saturated rings. The van der Waals surface area contributed by atoms with Crippen molar-refractivity contribution in [3.63, 3.8) is 0 Å². The zero-order valence-electron chi connectivity index (χ0n) is 15.8. The summed E-state index contributed by atoms with van der Waals surface area (Å²) in [5, 5.41) is 0. The first kappa shape index (κ1) is 19.5. The lowest BCUT2D eigenvalue weighted by molar-refractivity contribution is -0.133. The molecule has 1 aliphatic carbocycles. The predicted molar refractivity (Wildman–Crippen MR) is 106 cm³/mol. The van der Waals surface area contributed by atoms with Crippen molar-refractivity contribution >= 4 is 23.3 Å². The zero-order chi connectivity index (χ0) is 21.3. The molecule has 0 saturated carbocycles. The van der Waals surface area contributed by atoms with Crippen LogP contribution in [-0.2, 0) is 11.2 Å². The van der Waals surface area contributed by atoms with E-state index in [0.29, 0.717) is 18.7 Å². The van der Waals surface area contributed by atoms with Gasteiger partial charge in [-0.1, -0.05) is 36.4 Å². The van der Waals surface area contributed by atoms with E-state index < -0.39 is 29.7 Å². The molecule has 0 radical (unpaired) electrons. The lowest BCUT2D eigenvalue weighted by atomic mass is 9.88. The van der Waals surface area contributed by atoms with Crippen LogP contribution in [0.15, 0.2) is 59.0 Å². The maximum Gasteiger partial charge on any atom is 0.319 e. The van der Waals surface area contributed by atoms with E-state index >= 15 is 0 Å². The Balaban J connectivity index is 1.48. The molecule has 0 unspecified atom stereocenters. The van der Waals surface area contributed by atoms with Crippen molar-refractivity contribution in [2.45, 2.75) is 12.8 Å². The summed E-state index contributed by atoms with van der Waals surface area (Å²) in [6, 6.07) is 14.4. The molecule has 2 aromatic carbocycles. The molecule has 7 heteroatoms. The average Bonchev–Trinajstić information content (AvgIpc) is 3.20. The summed E-state index contributed by atoms with van der Waals surface area (Å²) in [6.07, 6.45) is 0.115. The summed E-state index contributed by atoms with van der Waals surface area (Å²) in [6.45, 7) is 0.511. The van der Waals surface area contributed by atoms with E-state index in [1.165, 1.54) is 12.1 Å². The molecular formula is C23H17NO6. The number of carbonyl (C=O) groups excluding carboxylic acids is 4. The number of ketones is 3. The fourth-order valence-corrected chi connectivity index (χ4v) is 3.29.